The molecule has 0 unspecified atom stereocenters. The summed E-state index contributed by atoms with van der Waals surface area (Å²) in [6.07, 6.45) is -1.62. The monoisotopic (exact) mass is 626 g/mol. The predicted octanol–water partition coefficient (Wildman–Crippen LogP) is 7.64. The number of hydrogen-bond donors (Lipinski definition) is 2. The second kappa shape index (κ2) is 12.2. The van der Waals surface area contributed by atoms with Gasteiger partial charge in [0, 0.05) is 35.7 Å². The van der Waals surface area contributed by atoms with E-state index in [0.29, 0.717) is 6.42 Å². The van der Waals surface area contributed by atoms with Gasteiger partial charge in [-0.1, -0.05) is 82.9 Å². The van der Waals surface area contributed by atoms with Crippen molar-refractivity contribution >= 4 is 31.5 Å². The minimum Gasteiger partial charge on any atom is -0.416 e. The first-order valence-electron chi connectivity index (χ1n) is 13.8. The van der Waals surface area contributed by atoms with Crippen LogP contribution in [0.15, 0.2) is 36.4 Å². The lowest BCUT2D eigenvalue weighted by Crippen LogP contribution is -2.50. The predicted molar refractivity (Wildman–Crippen MR) is 163 cm³/mol. The number of nitriles is 1. The number of aliphatic hydroxyl groups is 2. The van der Waals surface area contributed by atoms with Gasteiger partial charge in [-0.15, -0.1) is 0 Å². The molecule has 0 aromatic heterocycles. The second-order valence-electron chi connectivity index (χ2n) is 13.8. The Kier molecular flexibility index (Phi) is 10.1. The van der Waals surface area contributed by atoms with Gasteiger partial charge in [0.1, 0.15) is 17.0 Å². The third-order valence-electron chi connectivity index (χ3n) is 8.75. The van der Waals surface area contributed by atoms with Gasteiger partial charge in [0.25, 0.3) is 0 Å². The van der Waals surface area contributed by atoms with Gasteiger partial charge in [-0.3, -0.25) is 4.90 Å². The van der Waals surface area contributed by atoms with Gasteiger partial charge in [0.2, 0.25) is 0 Å². The molecule has 0 saturated carbocycles. The lowest BCUT2D eigenvalue weighted by atomic mass is 9.62. The van der Waals surface area contributed by atoms with Crippen LogP contribution in [0, 0.1) is 28.4 Å². The third-order valence-corrected chi connectivity index (χ3v) is 13.8. The van der Waals surface area contributed by atoms with E-state index in [4.69, 9.17) is 27.6 Å². The molecule has 1 heterocycles. The number of halogens is 4. The van der Waals surface area contributed by atoms with Gasteiger partial charge in [0.05, 0.1) is 17.1 Å². The molecule has 1 aliphatic heterocycles. The van der Waals surface area contributed by atoms with E-state index in [9.17, 15) is 15.5 Å². The van der Waals surface area contributed by atoms with Gasteiger partial charge < -0.3 is 14.6 Å². The summed E-state index contributed by atoms with van der Waals surface area (Å²) in [5, 5.41) is 32.8. The molecule has 0 radical (unpaired) electrons. The molecule has 10 heteroatoms. The van der Waals surface area contributed by atoms with Crippen molar-refractivity contribution < 1.29 is 23.4 Å². The number of rotatable bonds is 8. The molecule has 2 N–H and O–H groups in total. The van der Waals surface area contributed by atoms with Crippen LogP contribution in [0.2, 0.25) is 28.2 Å². The van der Waals surface area contributed by atoms with Crippen LogP contribution in [-0.2, 0) is 9.84 Å². The van der Waals surface area contributed by atoms with Crippen molar-refractivity contribution in [3.63, 3.8) is 0 Å². The zero-order valence-electron chi connectivity index (χ0n) is 25.1. The average molecular weight is 628 g/mol. The molecule has 4 atom stereocenters. The van der Waals surface area contributed by atoms with E-state index in [2.05, 4.69) is 39.9 Å². The Bertz CT molecular complexity index is 1290. The van der Waals surface area contributed by atoms with E-state index in [-0.39, 0.29) is 44.8 Å². The first kappa shape index (κ1) is 33.9. The fraction of sp³-hybridized carbons (Fsp3) is 0.581. The largest absolute Gasteiger partial charge is 0.416 e. The minimum atomic E-state index is -2.18. The number of hydrogen-bond acceptors (Lipinski definition) is 5. The normalized spacial score (nSPS) is 24.2. The molecule has 1 aliphatic rings. The van der Waals surface area contributed by atoms with Crippen molar-refractivity contribution in [2.45, 2.75) is 95.8 Å². The number of nitrogens with zero attached hydrogens (tertiary/aromatic N) is 2. The fourth-order valence-corrected chi connectivity index (χ4v) is 7.21. The van der Waals surface area contributed by atoms with Crippen LogP contribution in [0.3, 0.4) is 0 Å². The second-order valence-corrected chi connectivity index (χ2v) is 19.4. The molecule has 1 saturated heterocycles. The fourth-order valence-electron chi connectivity index (χ4n) is 5.83. The Morgan fingerprint density at radius 3 is 2.24 bits per heavy atom. The molecule has 41 heavy (non-hydrogen) atoms. The SMILES string of the molecule is CC(C)(C)C[C@@H]1N(CCO[Si](C)(C)C(C)(C)C)[C@@H](C(O)O)[C@H](c2cccc(Cl)c2F)[C@@]1(C#N)c1ccc(Cl)cc1F. The van der Waals surface area contributed by atoms with Crippen molar-refractivity contribution in [2.75, 3.05) is 13.2 Å². The maximum absolute atomic E-state index is 15.9. The molecule has 2 aromatic rings. The van der Waals surface area contributed by atoms with E-state index < -0.39 is 49.7 Å². The maximum Gasteiger partial charge on any atom is 0.192 e. The quantitative estimate of drug-likeness (QED) is 0.233. The van der Waals surface area contributed by atoms with Crippen molar-refractivity contribution in [3.8, 4) is 6.07 Å². The number of likely N-dealkylation sites (tertiary alicyclic amines) is 1. The molecular weight excluding hydrogens is 585 g/mol. The molecule has 1 fully saturated rings. The van der Waals surface area contributed by atoms with Crippen molar-refractivity contribution in [2.24, 2.45) is 5.41 Å². The van der Waals surface area contributed by atoms with Crippen LogP contribution >= 0.6 is 23.2 Å². The number of benzene rings is 2. The molecule has 0 spiro atoms. The Morgan fingerprint density at radius 1 is 1.10 bits per heavy atom. The molecule has 226 valence electrons. The average Bonchev–Trinajstić information content (AvgIpc) is 3.08. The Balaban J connectivity index is 2.34. The molecule has 5 nitrogen and oxygen atoms in total. The van der Waals surface area contributed by atoms with Crippen LogP contribution in [0.1, 0.15) is 65.0 Å². The summed E-state index contributed by atoms with van der Waals surface area (Å²) in [5.74, 6) is -2.70. The Labute approximate surface area is 254 Å². The van der Waals surface area contributed by atoms with Crippen molar-refractivity contribution in [1.29, 1.82) is 5.26 Å². The van der Waals surface area contributed by atoms with E-state index >= 15 is 8.78 Å². The highest BCUT2D eigenvalue weighted by Gasteiger charge is 2.64. The van der Waals surface area contributed by atoms with Crippen LogP contribution in [0.5, 0.6) is 0 Å². The standard InChI is InChI=1S/C31H42Cl2F2N2O3Si/c1-29(2,3)17-24-31(18-36,21-13-12-19(32)16-23(21)34)25(20-10-9-11-22(33)26(20)35)27(28(38)39)37(24)14-15-40-41(7,8)30(4,5)6/h9-13,16,24-25,27-28,38-39H,14-15,17H2,1-8H3/t24-,25-,27+,31-/m0/s1. The summed E-state index contributed by atoms with van der Waals surface area (Å²) in [5.41, 5.74) is -2.08. The highest BCUT2D eigenvalue weighted by Crippen LogP contribution is 2.57. The Hall–Kier alpha value is -1.57. The third kappa shape index (κ3) is 6.67. The van der Waals surface area contributed by atoms with E-state index in [1.54, 1.807) is 6.07 Å². The summed E-state index contributed by atoms with van der Waals surface area (Å²) in [7, 11) is -2.18. The van der Waals surface area contributed by atoms with Gasteiger partial charge in [-0.25, -0.2) is 8.78 Å². The first-order chi connectivity index (χ1) is 18.8. The molecule has 2 aromatic carbocycles. The van der Waals surface area contributed by atoms with E-state index in [1.165, 1.54) is 24.3 Å². The smallest absolute Gasteiger partial charge is 0.192 e. The number of aliphatic hydroxyl groups excluding tert-OH is 1. The summed E-state index contributed by atoms with van der Waals surface area (Å²) >= 11 is 12.3. The topological polar surface area (TPSA) is 76.7 Å². The lowest BCUT2D eigenvalue weighted by Gasteiger charge is -2.40. The minimum absolute atomic E-state index is 0.0122. The van der Waals surface area contributed by atoms with Crippen LogP contribution in [0.25, 0.3) is 0 Å². The molecule has 0 aliphatic carbocycles. The van der Waals surface area contributed by atoms with Crippen LogP contribution < -0.4 is 0 Å². The first-order valence-corrected chi connectivity index (χ1v) is 17.5. The molecule has 3 rings (SSSR count). The van der Waals surface area contributed by atoms with Crippen molar-refractivity contribution in [3.05, 3.63) is 69.2 Å². The summed E-state index contributed by atoms with van der Waals surface area (Å²) < 4.78 is 38.2. The molecule has 0 amide bonds. The van der Waals surface area contributed by atoms with Gasteiger partial charge >= 0.3 is 0 Å². The molecule has 0 bridgehead atoms. The van der Waals surface area contributed by atoms with Crippen LogP contribution in [0.4, 0.5) is 8.78 Å². The highest BCUT2D eigenvalue weighted by molar-refractivity contribution is 6.74. The van der Waals surface area contributed by atoms with E-state index in [1.807, 2.05) is 25.7 Å². The summed E-state index contributed by atoms with van der Waals surface area (Å²) in [6.45, 7) is 17.1. The zero-order chi connectivity index (χ0) is 31.1. The lowest BCUT2D eigenvalue weighted by molar-refractivity contribution is -0.102. The Morgan fingerprint density at radius 2 is 1.73 bits per heavy atom. The zero-order valence-corrected chi connectivity index (χ0v) is 27.6. The van der Waals surface area contributed by atoms with Gasteiger partial charge in [0.15, 0.2) is 14.6 Å². The summed E-state index contributed by atoms with van der Waals surface area (Å²) in [4.78, 5) is 1.81. The summed E-state index contributed by atoms with van der Waals surface area (Å²) in [6, 6.07) is 8.93. The maximum atomic E-state index is 15.9. The van der Waals surface area contributed by atoms with Crippen LogP contribution in [-0.4, -0.2) is 55.0 Å². The highest BCUT2D eigenvalue weighted by atomic mass is 35.5. The van der Waals surface area contributed by atoms with E-state index in [0.717, 1.165) is 6.07 Å². The van der Waals surface area contributed by atoms with Gasteiger partial charge in [-0.05, 0) is 53.7 Å². The van der Waals surface area contributed by atoms with Crippen molar-refractivity contribution in [1.82, 2.24) is 4.90 Å². The van der Waals surface area contributed by atoms with Gasteiger partial charge in [-0.2, -0.15) is 5.26 Å². The molecular formula is C31H42Cl2F2N2O3Si.